The first-order chi connectivity index (χ1) is 15.9. The summed E-state index contributed by atoms with van der Waals surface area (Å²) < 4.78 is 16.5. The molecule has 0 spiro atoms. The number of hydrogen-bond donors (Lipinski definition) is 1. The number of carbonyl (C=O) groups is 2. The van der Waals surface area contributed by atoms with Gasteiger partial charge < -0.3 is 29.1 Å². The summed E-state index contributed by atoms with van der Waals surface area (Å²) in [6, 6.07) is 8.83. The highest BCUT2D eigenvalue weighted by atomic mass is 16.5. The largest absolute Gasteiger partial charge is 0.550 e. The number of methoxy groups -OCH3 is 1. The number of ether oxygens (including phenoxy) is 2. The molecule has 1 amide bonds. The van der Waals surface area contributed by atoms with Gasteiger partial charge in [-0.15, -0.1) is 0 Å². The number of benzene rings is 2. The van der Waals surface area contributed by atoms with Crippen molar-refractivity contribution in [3.63, 3.8) is 0 Å². The van der Waals surface area contributed by atoms with Crippen molar-refractivity contribution >= 4 is 33.6 Å². The van der Waals surface area contributed by atoms with Crippen molar-refractivity contribution in [3.8, 4) is 11.5 Å². The van der Waals surface area contributed by atoms with Crippen LogP contribution in [0.2, 0.25) is 0 Å². The molecule has 3 aromatic rings. The smallest absolute Gasteiger partial charge is 0.344 e. The first kappa shape index (κ1) is 22.6. The van der Waals surface area contributed by atoms with Crippen molar-refractivity contribution in [2.75, 3.05) is 20.3 Å². The summed E-state index contributed by atoms with van der Waals surface area (Å²) >= 11 is 0. The number of nitrogens with one attached hydrogen (secondary N) is 1. The Bertz CT molecular complexity index is 1260. The molecule has 0 saturated heterocycles. The van der Waals surface area contributed by atoms with E-state index >= 15 is 0 Å². The molecule has 1 N–H and O–H groups in total. The van der Waals surface area contributed by atoms with Crippen molar-refractivity contribution in [2.24, 2.45) is 11.8 Å². The molecule has 0 radical (unpaired) electrons. The van der Waals surface area contributed by atoms with Crippen molar-refractivity contribution in [2.45, 2.75) is 32.6 Å². The Balaban J connectivity index is 1.41. The van der Waals surface area contributed by atoms with Gasteiger partial charge in [-0.3, -0.25) is 4.79 Å². The molecule has 0 aliphatic heterocycles. The van der Waals surface area contributed by atoms with Crippen molar-refractivity contribution < 1.29 is 28.6 Å². The standard InChI is InChI=1S/C25H27NO7/c1-14-21(32-13-22(27)26-12-15-3-5-16(6-4-15)24(28)29)10-9-19-18-8-7-17(31-2)11-20(18)25(30)33-23(14)19/h7-11,15-16H,3-6,12-13H2,1-2H3,(H,26,27)(H,28,29)/p-1. The van der Waals surface area contributed by atoms with Gasteiger partial charge in [0, 0.05) is 28.8 Å². The van der Waals surface area contributed by atoms with Crippen LogP contribution >= 0.6 is 0 Å². The lowest BCUT2D eigenvalue weighted by molar-refractivity contribution is -0.312. The van der Waals surface area contributed by atoms with Crippen molar-refractivity contribution in [3.05, 3.63) is 46.3 Å². The number of aliphatic carboxylic acids is 1. The minimum Gasteiger partial charge on any atom is -0.550 e. The van der Waals surface area contributed by atoms with E-state index in [1.807, 2.05) is 12.1 Å². The molecular formula is C25H26NO7-. The number of aryl methyl sites for hydroxylation is 1. The molecule has 1 aromatic heterocycles. The van der Waals surface area contributed by atoms with Gasteiger partial charge in [-0.1, -0.05) is 0 Å². The van der Waals surface area contributed by atoms with Crippen molar-refractivity contribution in [1.82, 2.24) is 5.32 Å². The quantitative estimate of drug-likeness (QED) is 0.432. The molecule has 2 aromatic carbocycles. The molecule has 0 bridgehead atoms. The Kier molecular flexibility index (Phi) is 6.53. The highest BCUT2D eigenvalue weighted by Gasteiger charge is 2.22. The van der Waals surface area contributed by atoms with Gasteiger partial charge in [0.05, 0.1) is 12.5 Å². The van der Waals surface area contributed by atoms with Crippen LogP contribution in [-0.4, -0.2) is 32.1 Å². The topological polar surface area (TPSA) is 118 Å². The maximum Gasteiger partial charge on any atom is 0.344 e. The highest BCUT2D eigenvalue weighted by molar-refractivity contribution is 6.06. The second-order valence-corrected chi connectivity index (χ2v) is 8.50. The van der Waals surface area contributed by atoms with Crippen LogP contribution in [0.25, 0.3) is 21.7 Å². The molecule has 174 valence electrons. The fourth-order valence-electron chi connectivity index (χ4n) is 4.43. The predicted molar refractivity (Wildman–Crippen MR) is 120 cm³/mol. The molecule has 33 heavy (non-hydrogen) atoms. The molecule has 0 atom stereocenters. The molecule has 1 aliphatic rings. The zero-order chi connectivity index (χ0) is 23.5. The normalized spacial score (nSPS) is 18.2. The molecule has 8 nitrogen and oxygen atoms in total. The summed E-state index contributed by atoms with van der Waals surface area (Å²) in [5.41, 5.74) is 0.582. The minimum absolute atomic E-state index is 0.171. The van der Waals surface area contributed by atoms with E-state index in [4.69, 9.17) is 13.9 Å². The van der Waals surface area contributed by atoms with E-state index in [0.29, 0.717) is 47.4 Å². The van der Waals surface area contributed by atoms with Gasteiger partial charge in [0.15, 0.2) is 6.61 Å². The highest BCUT2D eigenvalue weighted by Crippen LogP contribution is 2.32. The van der Waals surface area contributed by atoms with E-state index in [1.165, 1.54) is 7.11 Å². The van der Waals surface area contributed by atoms with Crippen LogP contribution in [0, 0.1) is 18.8 Å². The maximum absolute atomic E-state index is 12.5. The lowest BCUT2D eigenvalue weighted by atomic mass is 9.82. The fourth-order valence-corrected chi connectivity index (χ4v) is 4.43. The van der Waals surface area contributed by atoms with Gasteiger partial charge in [0.1, 0.15) is 17.1 Å². The number of rotatable bonds is 7. The molecule has 0 unspecified atom stereocenters. The summed E-state index contributed by atoms with van der Waals surface area (Å²) in [5.74, 6) is -0.334. The maximum atomic E-state index is 12.5. The van der Waals surface area contributed by atoms with Gasteiger partial charge in [0.25, 0.3) is 5.91 Å². The SMILES string of the molecule is COc1ccc2c(c1)c(=O)oc1c(C)c(OCC(=O)NCC3CCC(C(=O)[O-])CC3)ccc12. The Hall–Kier alpha value is -3.55. The van der Waals surface area contributed by atoms with E-state index in [-0.39, 0.29) is 24.3 Å². The molecule has 1 heterocycles. The number of hydrogen-bond acceptors (Lipinski definition) is 7. The molecule has 1 fully saturated rings. The van der Waals surface area contributed by atoms with Crippen molar-refractivity contribution in [1.29, 1.82) is 0 Å². The summed E-state index contributed by atoms with van der Waals surface area (Å²) in [5, 5.41) is 15.8. The summed E-state index contributed by atoms with van der Waals surface area (Å²) in [7, 11) is 1.54. The van der Waals surface area contributed by atoms with Crippen LogP contribution in [0.4, 0.5) is 0 Å². The second-order valence-electron chi connectivity index (χ2n) is 8.50. The van der Waals surface area contributed by atoms with E-state index < -0.39 is 11.6 Å². The molecular weight excluding hydrogens is 426 g/mol. The van der Waals surface area contributed by atoms with Gasteiger partial charge in [-0.2, -0.15) is 0 Å². The molecule has 1 aliphatic carbocycles. The van der Waals surface area contributed by atoms with Crippen LogP contribution in [0.15, 0.2) is 39.5 Å². The number of amides is 1. The molecule has 8 heteroatoms. The van der Waals surface area contributed by atoms with Gasteiger partial charge in [-0.25, -0.2) is 4.79 Å². The minimum atomic E-state index is -0.986. The van der Waals surface area contributed by atoms with E-state index in [9.17, 15) is 19.5 Å². The van der Waals surface area contributed by atoms with Crippen LogP contribution in [-0.2, 0) is 9.59 Å². The first-order valence-electron chi connectivity index (χ1n) is 11.0. The van der Waals surface area contributed by atoms with E-state index in [0.717, 1.165) is 23.6 Å². The lowest BCUT2D eigenvalue weighted by Crippen LogP contribution is -2.37. The zero-order valence-electron chi connectivity index (χ0n) is 18.6. The number of fused-ring (bicyclic) bond motifs is 3. The van der Waals surface area contributed by atoms with E-state index in [1.54, 1.807) is 25.1 Å². The predicted octanol–water partition coefficient (Wildman–Crippen LogP) is 2.31. The fraction of sp³-hybridized carbons (Fsp3) is 0.400. The van der Waals surface area contributed by atoms with Gasteiger partial charge >= 0.3 is 5.63 Å². The monoisotopic (exact) mass is 452 g/mol. The van der Waals surface area contributed by atoms with Crippen LogP contribution < -0.4 is 25.5 Å². The summed E-state index contributed by atoms with van der Waals surface area (Å²) in [6.45, 7) is 2.10. The van der Waals surface area contributed by atoms with E-state index in [2.05, 4.69) is 5.32 Å². The second kappa shape index (κ2) is 9.52. The molecule has 4 rings (SSSR count). The average Bonchev–Trinajstić information content (AvgIpc) is 2.83. The van der Waals surface area contributed by atoms with Crippen LogP contribution in [0.3, 0.4) is 0 Å². The Labute approximate surface area is 190 Å². The Morgan fingerprint density at radius 2 is 1.82 bits per heavy atom. The van der Waals surface area contributed by atoms with Gasteiger partial charge in [-0.05, 0) is 74.8 Å². The summed E-state index contributed by atoms with van der Waals surface area (Å²) in [4.78, 5) is 35.7. The Morgan fingerprint density at radius 3 is 2.52 bits per heavy atom. The van der Waals surface area contributed by atoms with Gasteiger partial charge in [0.2, 0.25) is 0 Å². The summed E-state index contributed by atoms with van der Waals surface area (Å²) in [6.07, 6.45) is 2.68. The average molecular weight is 452 g/mol. The number of carboxylic acids is 1. The lowest BCUT2D eigenvalue weighted by Gasteiger charge is -2.29. The third-order valence-corrected chi connectivity index (χ3v) is 6.41. The first-order valence-corrected chi connectivity index (χ1v) is 11.0. The third kappa shape index (κ3) is 4.79. The third-order valence-electron chi connectivity index (χ3n) is 6.41. The number of carboxylic acid groups (broad SMARTS) is 1. The molecule has 1 saturated carbocycles. The Morgan fingerprint density at radius 1 is 1.09 bits per heavy atom. The van der Waals surface area contributed by atoms with Crippen LogP contribution in [0.5, 0.6) is 11.5 Å². The zero-order valence-corrected chi connectivity index (χ0v) is 18.6. The van der Waals surface area contributed by atoms with Crippen LogP contribution in [0.1, 0.15) is 31.2 Å². The number of carbonyl (C=O) groups excluding carboxylic acids is 2.